The van der Waals surface area contributed by atoms with E-state index in [1.807, 2.05) is 0 Å². The number of nitrogens with one attached hydrogen (secondary N) is 1. The Labute approximate surface area is 161 Å². The van der Waals surface area contributed by atoms with Gasteiger partial charge in [0, 0.05) is 10.9 Å². The lowest BCUT2D eigenvalue weighted by molar-refractivity contribution is -0.115. The molecule has 10 heteroatoms. The first kappa shape index (κ1) is 19.5. The van der Waals surface area contributed by atoms with Crippen LogP contribution in [0.15, 0.2) is 23.6 Å². The Morgan fingerprint density at radius 2 is 2.00 bits per heavy atom. The highest BCUT2D eigenvalue weighted by Gasteiger charge is 2.19. The smallest absolute Gasteiger partial charge is 0.230 e. The van der Waals surface area contributed by atoms with Crippen LogP contribution < -0.4 is 5.32 Å². The molecule has 1 atom stereocenters. The Balaban J connectivity index is 1.73. The van der Waals surface area contributed by atoms with Crippen molar-refractivity contribution in [1.82, 2.24) is 9.97 Å². The van der Waals surface area contributed by atoms with E-state index in [2.05, 4.69) is 15.3 Å². The molecule has 142 valence electrons. The molecule has 1 unspecified atom stereocenters. The van der Waals surface area contributed by atoms with Gasteiger partial charge in [-0.1, -0.05) is 6.07 Å². The van der Waals surface area contributed by atoms with Gasteiger partial charge in [-0.3, -0.25) is 4.79 Å². The maximum atomic E-state index is 13.6. The zero-order valence-electron chi connectivity index (χ0n) is 14.1. The van der Waals surface area contributed by atoms with E-state index in [4.69, 9.17) is 5.11 Å². The van der Waals surface area contributed by atoms with Crippen molar-refractivity contribution in [2.24, 2.45) is 0 Å². The molecule has 1 aromatic carbocycles. The number of thiazole rings is 2. The van der Waals surface area contributed by atoms with Crippen LogP contribution in [-0.2, 0) is 11.2 Å². The number of nitrogens with zero attached hydrogens (tertiary/aromatic N) is 2. The van der Waals surface area contributed by atoms with E-state index in [9.17, 15) is 18.7 Å². The van der Waals surface area contributed by atoms with Crippen molar-refractivity contribution in [1.29, 1.82) is 0 Å². The van der Waals surface area contributed by atoms with Crippen LogP contribution in [0.4, 0.5) is 13.9 Å². The molecule has 27 heavy (non-hydrogen) atoms. The fourth-order valence-corrected chi connectivity index (χ4v) is 4.13. The minimum atomic E-state index is -1.06. The number of aliphatic hydroxyl groups is 2. The molecule has 2 heterocycles. The number of halogens is 2. The van der Waals surface area contributed by atoms with Crippen molar-refractivity contribution in [2.45, 2.75) is 19.4 Å². The Hall–Kier alpha value is -2.27. The fourth-order valence-electron chi connectivity index (χ4n) is 2.34. The molecule has 0 spiro atoms. The summed E-state index contributed by atoms with van der Waals surface area (Å²) in [7, 11) is 0. The molecule has 0 aliphatic carbocycles. The summed E-state index contributed by atoms with van der Waals surface area (Å²) in [5.74, 6) is -2.14. The summed E-state index contributed by atoms with van der Waals surface area (Å²) < 4.78 is 27.3. The quantitative estimate of drug-likeness (QED) is 0.580. The zero-order chi connectivity index (χ0) is 19.6. The van der Waals surface area contributed by atoms with Gasteiger partial charge in [0.1, 0.15) is 22.7 Å². The predicted molar refractivity (Wildman–Crippen MR) is 98.7 cm³/mol. The van der Waals surface area contributed by atoms with Crippen molar-refractivity contribution < 1.29 is 23.8 Å². The van der Waals surface area contributed by atoms with E-state index in [1.165, 1.54) is 17.4 Å². The number of hydrogen-bond acceptors (Lipinski definition) is 7. The minimum Gasteiger partial charge on any atom is -0.393 e. The Bertz CT molecular complexity index is 954. The number of aromatic nitrogens is 2. The molecule has 0 bridgehead atoms. The molecular weight excluding hydrogens is 396 g/mol. The summed E-state index contributed by atoms with van der Waals surface area (Å²) in [5.41, 5.74) is 0.894. The van der Waals surface area contributed by atoms with Gasteiger partial charge in [0.05, 0.1) is 29.3 Å². The second kappa shape index (κ2) is 8.17. The number of aryl methyl sites for hydroxylation is 1. The number of carbonyl (C=O) groups excluding carboxylic acids is 1. The minimum absolute atomic E-state index is 0.281. The monoisotopic (exact) mass is 411 g/mol. The first-order valence-electron chi connectivity index (χ1n) is 7.84. The predicted octanol–water partition coefficient (Wildman–Crippen LogP) is 3.06. The van der Waals surface area contributed by atoms with Gasteiger partial charge >= 0.3 is 0 Å². The van der Waals surface area contributed by atoms with Crippen LogP contribution in [0, 0.1) is 18.6 Å². The topological polar surface area (TPSA) is 95.3 Å². The third-order valence-corrected chi connectivity index (χ3v) is 5.69. The molecule has 0 aliphatic heterocycles. The van der Waals surface area contributed by atoms with Gasteiger partial charge < -0.3 is 15.5 Å². The van der Waals surface area contributed by atoms with Crippen LogP contribution >= 0.6 is 22.7 Å². The molecular formula is C17H15F2N3O3S2. The van der Waals surface area contributed by atoms with Crippen LogP contribution in [0.25, 0.3) is 10.6 Å². The standard InChI is InChI=1S/C17H15F2N3O3S2/c1-8-15(27-16(20-8)13(24)6-23)12-7-26-17(21-12)22-14(25)5-9-10(18)3-2-4-11(9)19/h2-4,7,13,23-24H,5-6H2,1H3,(H,21,22,25). The van der Waals surface area contributed by atoms with Crippen LogP contribution in [0.2, 0.25) is 0 Å². The van der Waals surface area contributed by atoms with Gasteiger partial charge in [0.25, 0.3) is 0 Å². The summed E-state index contributed by atoms with van der Waals surface area (Å²) >= 11 is 2.36. The Morgan fingerprint density at radius 3 is 2.67 bits per heavy atom. The summed E-state index contributed by atoms with van der Waals surface area (Å²) in [6, 6.07) is 3.43. The zero-order valence-corrected chi connectivity index (χ0v) is 15.7. The fraction of sp³-hybridized carbons (Fsp3) is 0.235. The van der Waals surface area contributed by atoms with E-state index in [0.29, 0.717) is 21.3 Å². The van der Waals surface area contributed by atoms with Gasteiger partial charge in [-0.2, -0.15) is 0 Å². The van der Waals surface area contributed by atoms with Crippen LogP contribution in [0.1, 0.15) is 22.4 Å². The van der Waals surface area contributed by atoms with Gasteiger partial charge in [0.2, 0.25) is 5.91 Å². The molecule has 3 N–H and O–H groups in total. The van der Waals surface area contributed by atoms with E-state index in [0.717, 1.165) is 23.5 Å². The SMILES string of the molecule is Cc1nc(C(O)CO)sc1-c1csc(NC(=O)Cc2c(F)cccc2F)n1. The van der Waals surface area contributed by atoms with E-state index in [-0.39, 0.29) is 10.7 Å². The summed E-state index contributed by atoms with van der Waals surface area (Å²) in [5, 5.41) is 23.6. The average Bonchev–Trinajstić information content (AvgIpc) is 3.24. The van der Waals surface area contributed by atoms with Crippen molar-refractivity contribution >= 4 is 33.7 Å². The second-order valence-corrected chi connectivity index (χ2v) is 7.52. The van der Waals surface area contributed by atoms with Crippen molar-refractivity contribution in [2.75, 3.05) is 11.9 Å². The average molecular weight is 411 g/mol. The van der Waals surface area contributed by atoms with E-state index in [1.54, 1.807) is 12.3 Å². The van der Waals surface area contributed by atoms with Gasteiger partial charge in [-0.15, -0.1) is 22.7 Å². The number of anilines is 1. The second-order valence-electron chi connectivity index (χ2n) is 5.63. The highest BCUT2D eigenvalue weighted by atomic mass is 32.1. The van der Waals surface area contributed by atoms with Crippen LogP contribution in [0.5, 0.6) is 0 Å². The lowest BCUT2D eigenvalue weighted by Crippen LogP contribution is -2.16. The maximum Gasteiger partial charge on any atom is 0.230 e. The number of aliphatic hydroxyl groups excluding tert-OH is 2. The van der Waals surface area contributed by atoms with Crippen LogP contribution in [0.3, 0.4) is 0 Å². The summed E-state index contributed by atoms with van der Waals surface area (Å²) in [6.07, 6.45) is -1.50. The Kier molecular flexibility index (Phi) is 5.90. The number of carbonyl (C=O) groups is 1. The number of rotatable bonds is 6. The Morgan fingerprint density at radius 1 is 1.30 bits per heavy atom. The molecule has 6 nitrogen and oxygen atoms in total. The van der Waals surface area contributed by atoms with Crippen molar-refractivity contribution in [3.05, 3.63) is 51.5 Å². The van der Waals surface area contributed by atoms with Crippen LogP contribution in [-0.4, -0.2) is 32.7 Å². The van der Waals surface area contributed by atoms with Crippen molar-refractivity contribution in [3.8, 4) is 10.6 Å². The molecule has 0 saturated carbocycles. The summed E-state index contributed by atoms with van der Waals surface area (Å²) in [6.45, 7) is 1.31. The maximum absolute atomic E-state index is 13.6. The lowest BCUT2D eigenvalue weighted by Gasteiger charge is -2.04. The molecule has 0 fully saturated rings. The third-order valence-electron chi connectivity index (χ3n) is 3.65. The van der Waals surface area contributed by atoms with E-state index >= 15 is 0 Å². The molecule has 3 aromatic rings. The van der Waals surface area contributed by atoms with Gasteiger partial charge in [0.15, 0.2) is 5.13 Å². The first-order chi connectivity index (χ1) is 12.9. The van der Waals surface area contributed by atoms with Gasteiger partial charge in [-0.25, -0.2) is 18.7 Å². The third kappa shape index (κ3) is 4.35. The lowest BCUT2D eigenvalue weighted by atomic mass is 10.1. The van der Waals surface area contributed by atoms with Crippen molar-refractivity contribution in [3.63, 3.8) is 0 Å². The molecule has 2 aromatic heterocycles. The number of benzene rings is 1. The van der Waals surface area contributed by atoms with Gasteiger partial charge in [-0.05, 0) is 19.1 Å². The number of amides is 1. The number of hydrogen-bond donors (Lipinski definition) is 3. The highest BCUT2D eigenvalue weighted by molar-refractivity contribution is 7.17. The first-order valence-corrected chi connectivity index (χ1v) is 9.53. The molecule has 1 amide bonds. The largest absolute Gasteiger partial charge is 0.393 e. The molecule has 3 rings (SSSR count). The molecule has 0 saturated heterocycles. The molecule has 0 radical (unpaired) electrons. The summed E-state index contributed by atoms with van der Waals surface area (Å²) in [4.78, 5) is 21.3. The van der Waals surface area contributed by atoms with E-state index < -0.39 is 36.7 Å². The molecule has 0 aliphatic rings. The highest BCUT2D eigenvalue weighted by Crippen LogP contribution is 2.34. The normalized spacial score (nSPS) is 12.2.